The number of ether oxygens (including phenoxy) is 1. The molecule has 1 saturated heterocycles. The summed E-state index contributed by atoms with van der Waals surface area (Å²) in [5.74, 6) is -1.55. The molecule has 0 atom stereocenters. The molecule has 1 aliphatic rings. The van der Waals surface area contributed by atoms with E-state index in [-0.39, 0.29) is 23.8 Å². The molecule has 0 aromatic heterocycles. The normalized spacial score (nSPS) is 12.8. The van der Waals surface area contributed by atoms with Crippen LogP contribution < -0.4 is 15.5 Å². The number of nitrogens with one attached hydrogen (secondary N) is 2. The van der Waals surface area contributed by atoms with Gasteiger partial charge in [-0.15, -0.1) is 0 Å². The Bertz CT molecular complexity index is 1240. The van der Waals surface area contributed by atoms with Gasteiger partial charge in [0.2, 0.25) is 11.8 Å². The van der Waals surface area contributed by atoms with Gasteiger partial charge in [0.05, 0.1) is 29.0 Å². The van der Waals surface area contributed by atoms with E-state index in [2.05, 4.69) is 10.6 Å². The molecule has 2 N–H and O–H groups in total. The third-order valence-corrected chi connectivity index (χ3v) is 5.51. The monoisotopic (exact) mass is 471 g/mol. The molecule has 0 saturated carbocycles. The molecular formula is C27H25N3O5. The Morgan fingerprint density at radius 2 is 1.46 bits per heavy atom. The molecular weight excluding hydrogens is 446 g/mol. The van der Waals surface area contributed by atoms with Crippen LogP contribution in [-0.2, 0) is 25.5 Å². The van der Waals surface area contributed by atoms with Gasteiger partial charge in [0, 0.05) is 13.0 Å². The largest absolute Gasteiger partial charge is 0.452 e. The number of carbonyl (C=O) groups is 4. The van der Waals surface area contributed by atoms with E-state index >= 15 is 0 Å². The summed E-state index contributed by atoms with van der Waals surface area (Å²) in [5.41, 5.74) is 2.37. The number of para-hydroxylation sites is 3. The van der Waals surface area contributed by atoms with Crippen LogP contribution in [0, 0.1) is 0 Å². The lowest BCUT2D eigenvalue weighted by Crippen LogP contribution is -2.27. The van der Waals surface area contributed by atoms with Gasteiger partial charge < -0.3 is 20.3 Å². The van der Waals surface area contributed by atoms with Crippen LogP contribution in [0.1, 0.15) is 28.8 Å². The maximum atomic E-state index is 12.7. The van der Waals surface area contributed by atoms with Crippen molar-refractivity contribution in [2.45, 2.75) is 19.3 Å². The number of hydrogen-bond acceptors (Lipinski definition) is 5. The average Bonchev–Trinajstić information content (AvgIpc) is 3.29. The highest BCUT2D eigenvalue weighted by molar-refractivity contribution is 6.04. The first kappa shape index (κ1) is 23.7. The SMILES string of the molecule is O=C(Cc1ccccc1)Nc1ccccc1C(=O)OCC(=O)Nc1ccccc1N1CCCC1=O. The Morgan fingerprint density at radius 1 is 0.800 bits per heavy atom. The zero-order valence-corrected chi connectivity index (χ0v) is 19.0. The van der Waals surface area contributed by atoms with Crippen molar-refractivity contribution >= 4 is 40.8 Å². The number of carbonyl (C=O) groups excluding carboxylic acids is 4. The number of hydrogen-bond donors (Lipinski definition) is 2. The van der Waals surface area contributed by atoms with Crippen molar-refractivity contribution < 1.29 is 23.9 Å². The van der Waals surface area contributed by atoms with E-state index in [1.807, 2.05) is 30.3 Å². The highest BCUT2D eigenvalue weighted by Gasteiger charge is 2.24. The molecule has 1 heterocycles. The summed E-state index contributed by atoms with van der Waals surface area (Å²) in [6, 6.07) is 22.7. The standard InChI is InChI=1S/C27H25N3O5/c31-24(17-19-9-2-1-3-10-19)28-21-12-5-4-11-20(21)27(34)35-18-25(32)29-22-13-6-7-14-23(22)30-16-8-15-26(30)33/h1-7,9-14H,8,15-18H2,(H,28,31)(H,29,32). The summed E-state index contributed by atoms with van der Waals surface area (Å²) in [7, 11) is 0. The number of amides is 3. The molecule has 0 spiro atoms. The molecule has 3 aromatic rings. The lowest BCUT2D eigenvalue weighted by atomic mass is 10.1. The maximum absolute atomic E-state index is 12.7. The lowest BCUT2D eigenvalue weighted by Gasteiger charge is -2.20. The van der Waals surface area contributed by atoms with Crippen molar-refractivity contribution in [3.05, 3.63) is 90.0 Å². The summed E-state index contributed by atoms with van der Waals surface area (Å²) in [4.78, 5) is 51.4. The van der Waals surface area contributed by atoms with Crippen LogP contribution in [0.4, 0.5) is 17.1 Å². The number of anilines is 3. The smallest absolute Gasteiger partial charge is 0.340 e. The molecule has 35 heavy (non-hydrogen) atoms. The molecule has 3 aromatic carbocycles. The van der Waals surface area contributed by atoms with E-state index < -0.39 is 18.5 Å². The van der Waals surface area contributed by atoms with E-state index in [4.69, 9.17) is 4.74 Å². The summed E-state index contributed by atoms with van der Waals surface area (Å²) in [6.45, 7) is 0.0703. The fourth-order valence-corrected chi connectivity index (χ4v) is 3.86. The van der Waals surface area contributed by atoms with Crippen LogP contribution in [-0.4, -0.2) is 36.8 Å². The van der Waals surface area contributed by atoms with Crippen molar-refractivity contribution in [3.8, 4) is 0 Å². The second kappa shape index (κ2) is 11.1. The Hall–Kier alpha value is -4.46. The highest BCUT2D eigenvalue weighted by atomic mass is 16.5. The van der Waals surface area contributed by atoms with Crippen LogP contribution in [0.25, 0.3) is 0 Å². The topological polar surface area (TPSA) is 105 Å². The summed E-state index contributed by atoms with van der Waals surface area (Å²) in [6.07, 6.45) is 1.40. The molecule has 3 amide bonds. The van der Waals surface area contributed by atoms with Gasteiger partial charge in [0.15, 0.2) is 6.61 Å². The van der Waals surface area contributed by atoms with Crippen molar-refractivity contribution in [3.63, 3.8) is 0 Å². The second-order valence-electron chi connectivity index (χ2n) is 8.05. The minimum Gasteiger partial charge on any atom is -0.452 e. The zero-order valence-electron chi connectivity index (χ0n) is 19.0. The molecule has 8 heteroatoms. The van der Waals surface area contributed by atoms with Gasteiger partial charge in [-0.05, 0) is 36.2 Å². The molecule has 0 aliphatic carbocycles. The van der Waals surface area contributed by atoms with E-state index in [9.17, 15) is 19.2 Å². The van der Waals surface area contributed by atoms with Crippen LogP contribution in [0.5, 0.6) is 0 Å². The first-order valence-electron chi connectivity index (χ1n) is 11.3. The second-order valence-corrected chi connectivity index (χ2v) is 8.05. The summed E-state index contributed by atoms with van der Waals surface area (Å²) >= 11 is 0. The Morgan fingerprint density at radius 3 is 2.20 bits per heavy atom. The van der Waals surface area contributed by atoms with Crippen LogP contribution >= 0.6 is 0 Å². The molecule has 0 radical (unpaired) electrons. The minimum atomic E-state index is -0.737. The van der Waals surface area contributed by atoms with Crippen molar-refractivity contribution in [1.29, 1.82) is 0 Å². The minimum absolute atomic E-state index is 0.00375. The fraction of sp³-hybridized carbons (Fsp3) is 0.185. The molecule has 0 unspecified atom stereocenters. The zero-order chi connectivity index (χ0) is 24.6. The van der Waals surface area contributed by atoms with E-state index in [1.54, 1.807) is 47.4 Å². The van der Waals surface area contributed by atoms with Gasteiger partial charge in [-0.2, -0.15) is 0 Å². The summed E-state index contributed by atoms with van der Waals surface area (Å²) in [5, 5.41) is 5.44. The molecule has 8 nitrogen and oxygen atoms in total. The first-order chi connectivity index (χ1) is 17.0. The fourth-order valence-electron chi connectivity index (χ4n) is 3.86. The van der Waals surface area contributed by atoms with Gasteiger partial charge in [-0.25, -0.2) is 4.79 Å². The van der Waals surface area contributed by atoms with Crippen molar-refractivity contribution in [2.75, 3.05) is 28.7 Å². The predicted octanol–water partition coefficient (Wildman–Crippen LogP) is 3.79. The van der Waals surface area contributed by atoms with Crippen LogP contribution in [0.15, 0.2) is 78.9 Å². The van der Waals surface area contributed by atoms with Crippen molar-refractivity contribution in [1.82, 2.24) is 0 Å². The summed E-state index contributed by atoms with van der Waals surface area (Å²) < 4.78 is 5.21. The molecule has 178 valence electrons. The predicted molar refractivity (Wildman–Crippen MR) is 132 cm³/mol. The Labute approximate surface area is 202 Å². The van der Waals surface area contributed by atoms with Gasteiger partial charge in [-0.3, -0.25) is 14.4 Å². The average molecular weight is 472 g/mol. The van der Waals surface area contributed by atoms with Gasteiger partial charge in [-0.1, -0.05) is 54.6 Å². The van der Waals surface area contributed by atoms with E-state index in [0.717, 1.165) is 12.0 Å². The number of esters is 1. The van der Waals surface area contributed by atoms with Gasteiger partial charge in [0.1, 0.15) is 0 Å². The third-order valence-electron chi connectivity index (χ3n) is 5.51. The van der Waals surface area contributed by atoms with Gasteiger partial charge in [0.25, 0.3) is 5.91 Å². The number of benzene rings is 3. The van der Waals surface area contributed by atoms with Crippen LogP contribution in [0.3, 0.4) is 0 Å². The van der Waals surface area contributed by atoms with Crippen LogP contribution in [0.2, 0.25) is 0 Å². The first-order valence-corrected chi connectivity index (χ1v) is 11.3. The third kappa shape index (κ3) is 6.11. The maximum Gasteiger partial charge on any atom is 0.340 e. The van der Waals surface area contributed by atoms with Gasteiger partial charge >= 0.3 is 5.97 Å². The van der Waals surface area contributed by atoms with Crippen molar-refractivity contribution in [2.24, 2.45) is 0 Å². The highest BCUT2D eigenvalue weighted by Crippen LogP contribution is 2.29. The Balaban J connectivity index is 1.36. The molecule has 0 bridgehead atoms. The number of nitrogens with zero attached hydrogens (tertiary/aromatic N) is 1. The molecule has 1 aliphatic heterocycles. The molecule has 4 rings (SSSR count). The quantitative estimate of drug-likeness (QED) is 0.487. The lowest BCUT2D eigenvalue weighted by molar-refractivity contribution is -0.119. The van der Waals surface area contributed by atoms with E-state index in [1.165, 1.54) is 6.07 Å². The van der Waals surface area contributed by atoms with E-state index in [0.29, 0.717) is 30.0 Å². The number of rotatable bonds is 8. The molecule has 1 fully saturated rings. The Kier molecular flexibility index (Phi) is 7.52.